The highest BCUT2D eigenvalue weighted by molar-refractivity contribution is 5.82. The van der Waals surface area contributed by atoms with Crippen LogP contribution in [0, 0.1) is 13.8 Å². The Morgan fingerprint density at radius 2 is 1.36 bits per heavy atom. The highest BCUT2D eigenvalue weighted by Gasteiger charge is 2.31. The van der Waals surface area contributed by atoms with Gasteiger partial charge in [0.25, 0.3) is 5.82 Å². The molecular weight excluding hydrogens is 438 g/mol. The number of benzene rings is 3. The van der Waals surface area contributed by atoms with Gasteiger partial charge in [-0.15, -0.1) is 0 Å². The van der Waals surface area contributed by atoms with Gasteiger partial charge >= 0.3 is 0 Å². The zero-order valence-corrected chi connectivity index (χ0v) is 22.5. The molecule has 3 nitrogen and oxygen atoms in total. The lowest BCUT2D eigenvalue weighted by atomic mass is 9.88. The molecule has 5 aromatic rings. The van der Waals surface area contributed by atoms with Crippen LogP contribution in [0.15, 0.2) is 79.0 Å². The SMILES string of the molecule is Cc1cc(C)c(-c2n(-c3c(C(C)C)cc(-c4ccccc4)cc3C(C)C)c3ccccc3[n+]2C)cn1. The Hall–Kier alpha value is -3.72. The van der Waals surface area contributed by atoms with Crippen LogP contribution in [0.3, 0.4) is 0 Å². The molecule has 0 bridgehead atoms. The number of imidazole rings is 1. The largest absolute Gasteiger partial charge is 0.296 e. The summed E-state index contributed by atoms with van der Waals surface area (Å²) in [6, 6.07) is 26.5. The van der Waals surface area contributed by atoms with E-state index in [1.807, 2.05) is 6.20 Å². The summed E-state index contributed by atoms with van der Waals surface area (Å²) in [4.78, 5) is 4.70. The molecule has 3 heteroatoms. The van der Waals surface area contributed by atoms with Crippen molar-refractivity contribution in [3.05, 3.63) is 101 Å². The second-order valence-electron chi connectivity index (χ2n) is 10.5. The third-order valence-corrected chi connectivity index (χ3v) is 7.25. The first-order valence-corrected chi connectivity index (χ1v) is 12.9. The van der Waals surface area contributed by atoms with Crippen LogP contribution in [0.1, 0.15) is 61.9 Å². The summed E-state index contributed by atoms with van der Waals surface area (Å²) in [5.74, 6) is 1.88. The molecular formula is C33H36N3+. The van der Waals surface area contributed by atoms with Gasteiger partial charge in [0.05, 0.1) is 12.6 Å². The number of pyridine rings is 1. The molecule has 0 radical (unpaired) electrons. The maximum Gasteiger partial charge on any atom is 0.296 e. The van der Waals surface area contributed by atoms with Crippen molar-refractivity contribution in [3.63, 3.8) is 0 Å². The molecule has 0 aliphatic rings. The summed E-state index contributed by atoms with van der Waals surface area (Å²) in [5.41, 5.74) is 12.4. The van der Waals surface area contributed by atoms with Crippen molar-refractivity contribution in [3.8, 4) is 28.2 Å². The van der Waals surface area contributed by atoms with Gasteiger partial charge in [-0.3, -0.25) is 4.98 Å². The number of aryl methyl sites for hydroxylation is 3. The van der Waals surface area contributed by atoms with E-state index in [4.69, 9.17) is 4.98 Å². The summed E-state index contributed by atoms with van der Waals surface area (Å²) in [6.07, 6.45) is 2.04. The van der Waals surface area contributed by atoms with Crippen molar-refractivity contribution in [2.75, 3.05) is 0 Å². The van der Waals surface area contributed by atoms with E-state index in [0.717, 1.165) is 17.1 Å². The van der Waals surface area contributed by atoms with Crippen LogP contribution in [0.4, 0.5) is 0 Å². The molecule has 36 heavy (non-hydrogen) atoms. The molecule has 3 aromatic carbocycles. The third-order valence-electron chi connectivity index (χ3n) is 7.25. The quantitative estimate of drug-likeness (QED) is 0.236. The number of fused-ring (bicyclic) bond motifs is 1. The Morgan fingerprint density at radius 3 is 1.97 bits per heavy atom. The van der Waals surface area contributed by atoms with Gasteiger partial charge in [0.1, 0.15) is 5.69 Å². The fraction of sp³-hybridized carbons (Fsp3) is 0.273. The Kier molecular flexibility index (Phi) is 6.26. The van der Waals surface area contributed by atoms with E-state index in [1.54, 1.807) is 0 Å². The Balaban J connectivity index is 1.94. The maximum atomic E-state index is 4.70. The molecule has 0 aliphatic heterocycles. The highest BCUT2D eigenvalue weighted by Crippen LogP contribution is 2.39. The van der Waals surface area contributed by atoms with Gasteiger partial charge in [0.15, 0.2) is 11.0 Å². The maximum absolute atomic E-state index is 4.70. The molecule has 5 rings (SSSR count). The second-order valence-corrected chi connectivity index (χ2v) is 10.5. The summed E-state index contributed by atoms with van der Waals surface area (Å²) in [5, 5.41) is 0. The zero-order chi connectivity index (χ0) is 25.6. The molecule has 0 atom stereocenters. The number of nitrogens with zero attached hydrogens (tertiary/aromatic N) is 3. The van der Waals surface area contributed by atoms with Gasteiger partial charge < -0.3 is 0 Å². The summed E-state index contributed by atoms with van der Waals surface area (Å²) in [7, 11) is 2.18. The van der Waals surface area contributed by atoms with Gasteiger partial charge in [-0.25, -0.2) is 4.57 Å². The summed E-state index contributed by atoms with van der Waals surface area (Å²) in [6.45, 7) is 13.5. The van der Waals surface area contributed by atoms with Crippen molar-refractivity contribution < 1.29 is 4.57 Å². The number of aromatic nitrogens is 3. The van der Waals surface area contributed by atoms with E-state index < -0.39 is 0 Å². The molecule has 0 saturated carbocycles. The molecule has 0 N–H and O–H groups in total. The molecule has 2 aromatic heterocycles. The topological polar surface area (TPSA) is 21.7 Å². The molecule has 0 amide bonds. The minimum atomic E-state index is 0.359. The molecule has 0 spiro atoms. The lowest BCUT2D eigenvalue weighted by molar-refractivity contribution is -0.633. The first kappa shape index (κ1) is 24.0. The Bertz CT molecular complexity index is 1530. The van der Waals surface area contributed by atoms with Gasteiger partial charge in [0.2, 0.25) is 0 Å². The minimum Gasteiger partial charge on any atom is -0.261 e. The van der Waals surface area contributed by atoms with Crippen LogP contribution >= 0.6 is 0 Å². The van der Waals surface area contributed by atoms with Crippen molar-refractivity contribution >= 4 is 11.0 Å². The number of rotatable bonds is 5. The summed E-state index contributed by atoms with van der Waals surface area (Å²) < 4.78 is 4.82. The van der Waals surface area contributed by atoms with E-state index in [0.29, 0.717) is 11.8 Å². The minimum absolute atomic E-state index is 0.359. The van der Waals surface area contributed by atoms with Crippen LogP contribution in [-0.4, -0.2) is 9.55 Å². The predicted octanol–water partition coefficient (Wildman–Crippen LogP) is 8.05. The molecule has 0 fully saturated rings. The van der Waals surface area contributed by atoms with Crippen LogP contribution < -0.4 is 4.57 Å². The van der Waals surface area contributed by atoms with Gasteiger partial charge in [-0.2, -0.15) is 4.57 Å². The van der Waals surface area contributed by atoms with Gasteiger partial charge in [0, 0.05) is 23.0 Å². The molecule has 0 unspecified atom stereocenters. The molecule has 0 aliphatic carbocycles. The standard InChI is InChI=1S/C33H36N3/c1-21(2)27-18-26(25-13-9-8-10-14-25)19-28(22(3)4)32(27)36-31-16-12-11-15-30(31)35(7)33(36)29-20-34-24(6)17-23(29)5/h8-22H,1-7H3/q+1. The average Bonchev–Trinajstić information content (AvgIpc) is 3.15. The Labute approximate surface area is 215 Å². The molecule has 182 valence electrons. The number of hydrogen-bond acceptors (Lipinski definition) is 1. The lowest BCUT2D eigenvalue weighted by Gasteiger charge is -2.21. The number of hydrogen-bond donors (Lipinski definition) is 0. The van der Waals surface area contributed by atoms with E-state index in [1.165, 1.54) is 44.5 Å². The zero-order valence-electron chi connectivity index (χ0n) is 22.5. The highest BCUT2D eigenvalue weighted by atomic mass is 15.2. The third kappa shape index (κ3) is 4.03. The lowest BCUT2D eigenvalue weighted by Crippen LogP contribution is -2.30. The summed E-state index contributed by atoms with van der Waals surface area (Å²) >= 11 is 0. The average molecular weight is 475 g/mol. The molecule has 2 heterocycles. The molecule has 0 saturated heterocycles. The second kappa shape index (κ2) is 9.39. The van der Waals surface area contributed by atoms with E-state index in [-0.39, 0.29) is 0 Å². The first-order chi connectivity index (χ1) is 17.3. The van der Waals surface area contributed by atoms with Crippen LogP contribution in [-0.2, 0) is 7.05 Å². The van der Waals surface area contributed by atoms with Crippen molar-refractivity contribution in [1.29, 1.82) is 0 Å². The monoisotopic (exact) mass is 474 g/mol. The van der Waals surface area contributed by atoms with Crippen molar-refractivity contribution in [1.82, 2.24) is 9.55 Å². The van der Waals surface area contributed by atoms with E-state index >= 15 is 0 Å². The van der Waals surface area contributed by atoms with Crippen molar-refractivity contribution in [2.24, 2.45) is 7.05 Å². The van der Waals surface area contributed by atoms with E-state index in [2.05, 4.69) is 131 Å². The fourth-order valence-electron chi connectivity index (χ4n) is 5.39. The van der Waals surface area contributed by atoms with Crippen LogP contribution in [0.25, 0.3) is 39.2 Å². The first-order valence-electron chi connectivity index (χ1n) is 12.9. The number of para-hydroxylation sites is 2. The smallest absolute Gasteiger partial charge is 0.261 e. The van der Waals surface area contributed by atoms with Crippen LogP contribution in [0.5, 0.6) is 0 Å². The van der Waals surface area contributed by atoms with Crippen LogP contribution in [0.2, 0.25) is 0 Å². The van der Waals surface area contributed by atoms with Crippen molar-refractivity contribution in [2.45, 2.75) is 53.4 Å². The Morgan fingerprint density at radius 1 is 0.750 bits per heavy atom. The predicted molar refractivity (Wildman–Crippen MR) is 151 cm³/mol. The van der Waals surface area contributed by atoms with Gasteiger partial charge in [-0.1, -0.05) is 70.2 Å². The van der Waals surface area contributed by atoms with E-state index in [9.17, 15) is 0 Å². The normalized spacial score (nSPS) is 11.7. The fourth-order valence-corrected chi connectivity index (χ4v) is 5.39. The van der Waals surface area contributed by atoms with Gasteiger partial charge in [-0.05, 0) is 72.7 Å².